The van der Waals surface area contributed by atoms with Crippen molar-refractivity contribution in [2.24, 2.45) is 0 Å². The van der Waals surface area contributed by atoms with E-state index < -0.39 is 0 Å². The number of nitro groups is 1. The average molecular weight is 221 g/mol. The van der Waals surface area contributed by atoms with Crippen molar-refractivity contribution >= 4 is 5.69 Å². The van der Waals surface area contributed by atoms with Crippen molar-refractivity contribution in [1.82, 2.24) is 0 Å². The second-order valence-electron chi connectivity index (χ2n) is 4.11. The van der Waals surface area contributed by atoms with Gasteiger partial charge in [-0.15, -0.1) is 0 Å². The molecule has 1 fully saturated rings. The summed E-state index contributed by atoms with van der Waals surface area (Å²) in [5, 5.41) is 10.8. The topological polar surface area (TPSA) is 52.4 Å². The maximum Gasteiger partial charge on any atom is 0.310 e. The van der Waals surface area contributed by atoms with Crippen LogP contribution in [0.5, 0.6) is 5.75 Å². The van der Waals surface area contributed by atoms with Gasteiger partial charge in [-0.1, -0.05) is 13.0 Å². The fraction of sp³-hybridized carbons (Fsp3) is 0.500. The Morgan fingerprint density at radius 1 is 1.50 bits per heavy atom. The molecule has 4 heteroatoms. The second kappa shape index (κ2) is 4.51. The highest BCUT2D eigenvalue weighted by Gasteiger charge is 2.26. The molecule has 16 heavy (non-hydrogen) atoms. The minimum Gasteiger partial charge on any atom is -0.487 e. The molecule has 0 aliphatic heterocycles. The normalized spacial score (nSPS) is 14.8. The summed E-state index contributed by atoms with van der Waals surface area (Å²) in [4.78, 5) is 10.4. The SMILES string of the molecule is CCCOc1cc(C2CC2)ccc1[N+](=O)[O-]. The molecule has 0 spiro atoms. The number of rotatable bonds is 5. The van der Waals surface area contributed by atoms with Crippen molar-refractivity contribution in [2.75, 3.05) is 6.61 Å². The van der Waals surface area contributed by atoms with E-state index in [1.165, 1.54) is 12.8 Å². The summed E-state index contributed by atoms with van der Waals surface area (Å²) in [5.41, 5.74) is 1.23. The molecule has 0 bridgehead atoms. The highest BCUT2D eigenvalue weighted by molar-refractivity contribution is 5.49. The molecule has 0 N–H and O–H groups in total. The first-order valence-corrected chi connectivity index (χ1v) is 5.63. The Morgan fingerprint density at radius 3 is 2.81 bits per heavy atom. The number of nitro benzene ring substituents is 1. The molecule has 0 atom stereocenters. The van der Waals surface area contributed by atoms with E-state index in [0.29, 0.717) is 18.3 Å². The number of benzene rings is 1. The summed E-state index contributed by atoms with van der Waals surface area (Å²) < 4.78 is 5.42. The summed E-state index contributed by atoms with van der Waals surface area (Å²) in [5.74, 6) is 1.00. The van der Waals surface area contributed by atoms with Gasteiger partial charge in [-0.25, -0.2) is 0 Å². The van der Waals surface area contributed by atoms with Crippen molar-refractivity contribution in [1.29, 1.82) is 0 Å². The first kappa shape index (κ1) is 10.9. The first-order valence-electron chi connectivity index (χ1n) is 5.63. The summed E-state index contributed by atoms with van der Waals surface area (Å²) in [7, 11) is 0. The van der Waals surface area contributed by atoms with Gasteiger partial charge >= 0.3 is 5.69 Å². The van der Waals surface area contributed by atoms with Crippen molar-refractivity contribution in [3.05, 3.63) is 33.9 Å². The van der Waals surface area contributed by atoms with Crippen molar-refractivity contribution in [3.63, 3.8) is 0 Å². The van der Waals surface area contributed by atoms with E-state index in [0.717, 1.165) is 12.0 Å². The van der Waals surface area contributed by atoms with Crippen LogP contribution in [0.3, 0.4) is 0 Å². The fourth-order valence-corrected chi connectivity index (χ4v) is 1.68. The van der Waals surface area contributed by atoms with Gasteiger partial charge in [0, 0.05) is 6.07 Å². The third-order valence-corrected chi connectivity index (χ3v) is 2.69. The Labute approximate surface area is 94.4 Å². The molecule has 1 aromatic carbocycles. The van der Waals surface area contributed by atoms with Gasteiger partial charge in [0.1, 0.15) is 0 Å². The quantitative estimate of drug-likeness (QED) is 0.566. The van der Waals surface area contributed by atoms with Gasteiger partial charge in [0.05, 0.1) is 11.5 Å². The second-order valence-corrected chi connectivity index (χ2v) is 4.11. The van der Waals surface area contributed by atoms with E-state index in [1.807, 2.05) is 19.1 Å². The first-order chi connectivity index (χ1) is 7.72. The lowest BCUT2D eigenvalue weighted by Crippen LogP contribution is -2.00. The van der Waals surface area contributed by atoms with E-state index in [4.69, 9.17) is 4.74 Å². The van der Waals surface area contributed by atoms with Crippen LogP contribution in [0, 0.1) is 10.1 Å². The molecule has 1 saturated carbocycles. The molecular weight excluding hydrogens is 206 g/mol. The molecule has 0 aromatic heterocycles. The van der Waals surface area contributed by atoms with E-state index in [1.54, 1.807) is 6.07 Å². The lowest BCUT2D eigenvalue weighted by Gasteiger charge is -2.07. The zero-order valence-electron chi connectivity index (χ0n) is 9.31. The van der Waals surface area contributed by atoms with Crippen LogP contribution < -0.4 is 4.74 Å². The lowest BCUT2D eigenvalue weighted by molar-refractivity contribution is -0.385. The zero-order valence-corrected chi connectivity index (χ0v) is 9.31. The van der Waals surface area contributed by atoms with Crippen LogP contribution in [-0.2, 0) is 0 Å². The lowest BCUT2D eigenvalue weighted by atomic mass is 10.1. The highest BCUT2D eigenvalue weighted by atomic mass is 16.6. The van der Waals surface area contributed by atoms with Gasteiger partial charge < -0.3 is 4.74 Å². The Kier molecular flexibility index (Phi) is 3.08. The van der Waals surface area contributed by atoms with Crippen LogP contribution >= 0.6 is 0 Å². The van der Waals surface area contributed by atoms with Gasteiger partial charge in [-0.05, 0) is 36.8 Å². The Morgan fingerprint density at radius 2 is 2.25 bits per heavy atom. The third-order valence-electron chi connectivity index (χ3n) is 2.69. The monoisotopic (exact) mass is 221 g/mol. The Bertz CT molecular complexity index is 399. The largest absolute Gasteiger partial charge is 0.487 e. The third kappa shape index (κ3) is 2.32. The summed E-state index contributed by atoms with van der Waals surface area (Å²) in [6, 6.07) is 5.22. The molecular formula is C12H15NO3. The van der Waals surface area contributed by atoms with Crippen molar-refractivity contribution < 1.29 is 9.66 Å². The van der Waals surface area contributed by atoms with Crippen molar-refractivity contribution in [3.8, 4) is 5.75 Å². The molecule has 4 nitrogen and oxygen atoms in total. The van der Waals surface area contributed by atoms with E-state index in [2.05, 4.69) is 0 Å². The smallest absolute Gasteiger partial charge is 0.310 e. The summed E-state index contributed by atoms with van der Waals surface area (Å²) in [6.07, 6.45) is 3.22. The number of hydrogen-bond acceptors (Lipinski definition) is 3. The molecule has 1 aliphatic carbocycles. The summed E-state index contributed by atoms with van der Waals surface area (Å²) >= 11 is 0. The molecule has 1 aliphatic rings. The molecule has 1 aromatic rings. The van der Waals surface area contributed by atoms with Crippen molar-refractivity contribution in [2.45, 2.75) is 32.1 Å². The zero-order chi connectivity index (χ0) is 11.5. The van der Waals surface area contributed by atoms with Gasteiger partial charge in [0.2, 0.25) is 0 Å². The van der Waals surface area contributed by atoms with Crippen LogP contribution in [0.1, 0.15) is 37.7 Å². The van der Waals surface area contributed by atoms with E-state index in [-0.39, 0.29) is 10.6 Å². The highest BCUT2D eigenvalue weighted by Crippen LogP contribution is 2.42. The predicted molar refractivity (Wildman–Crippen MR) is 60.9 cm³/mol. The summed E-state index contributed by atoms with van der Waals surface area (Å²) in [6.45, 7) is 2.51. The van der Waals surface area contributed by atoms with Crippen LogP contribution in [0.15, 0.2) is 18.2 Å². The molecule has 0 heterocycles. The molecule has 0 unspecified atom stereocenters. The van der Waals surface area contributed by atoms with Crippen LogP contribution in [0.2, 0.25) is 0 Å². The predicted octanol–water partition coefficient (Wildman–Crippen LogP) is 3.26. The molecule has 0 amide bonds. The standard InChI is InChI=1S/C12H15NO3/c1-2-7-16-12-8-10(9-3-4-9)5-6-11(12)13(14)15/h5-6,8-9H,2-4,7H2,1H3. The van der Waals surface area contributed by atoms with Gasteiger partial charge in [0.25, 0.3) is 0 Å². The van der Waals surface area contributed by atoms with Gasteiger partial charge in [-0.3, -0.25) is 10.1 Å². The number of ether oxygens (including phenoxy) is 1. The van der Waals surface area contributed by atoms with E-state index in [9.17, 15) is 10.1 Å². The molecule has 0 radical (unpaired) electrons. The van der Waals surface area contributed by atoms with Gasteiger partial charge in [-0.2, -0.15) is 0 Å². The molecule has 0 saturated heterocycles. The Hall–Kier alpha value is -1.58. The Balaban J connectivity index is 2.26. The van der Waals surface area contributed by atoms with E-state index >= 15 is 0 Å². The van der Waals surface area contributed by atoms with Crippen LogP contribution in [0.25, 0.3) is 0 Å². The fourth-order valence-electron chi connectivity index (χ4n) is 1.68. The van der Waals surface area contributed by atoms with Crippen LogP contribution in [0.4, 0.5) is 5.69 Å². The molecule has 2 rings (SSSR count). The number of nitrogens with zero attached hydrogens (tertiary/aromatic N) is 1. The minimum absolute atomic E-state index is 0.0675. The molecule has 86 valence electrons. The van der Waals surface area contributed by atoms with Gasteiger partial charge in [0.15, 0.2) is 5.75 Å². The maximum atomic E-state index is 10.8. The maximum absolute atomic E-state index is 10.8. The van der Waals surface area contributed by atoms with Crippen LogP contribution in [-0.4, -0.2) is 11.5 Å². The minimum atomic E-state index is -0.387. The average Bonchev–Trinajstić information content (AvgIpc) is 3.09. The number of hydrogen-bond donors (Lipinski definition) is 0.